The van der Waals surface area contributed by atoms with Crippen molar-refractivity contribution in [2.75, 3.05) is 12.8 Å². The Kier molecular flexibility index (Phi) is 2.61. The first-order valence-corrected chi connectivity index (χ1v) is 4.86. The van der Waals surface area contributed by atoms with E-state index in [-0.39, 0.29) is 0 Å². The van der Waals surface area contributed by atoms with Crippen LogP contribution in [0.4, 0.5) is 18.9 Å². The van der Waals surface area contributed by atoms with Crippen molar-refractivity contribution in [2.24, 2.45) is 0 Å². The molecule has 0 aliphatic carbocycles. The van der Waals surface area contributed by atoms with Crippen LogP contribution >= 0.6 is 0 Å². The van der Waals surface area contributed by atoms with Crippen molar-refractivity contribution in [1.82, 2.24) is 0 Å². The Hall–Kier alpha value is -1.91. The number of hydrogen-bond acceptors (Lipinski definition) is 2. The van der Waals surface area contributed by atoms with Gasteiger partial charge in [0.05, 0.1) is 12.7 Å². The summed E-state index contributed by atoms with van der Waals surface area (Å²) in [6.45, 7) is 0. The van der Waals surface area contributed by atoms with Crippen LogP contribution < -0.4 is 10.5 Å². The van der Waals surface area contributed by atoms with Crippen molar-refractivity contribution in [3.8, 4) is 5.75 Å². The molecule has 0 unspecified atom stereocenters. The van der Waals surface area contributed by atoms with Gasteiger partial charge in [-0.05, 0) is 23.6 Å². The Morgan fingerprint density at radius 3 is 2.41 bits per heavy atom. The minimum Gasteiger partial charge on any atom is -0.496 e. The van der Waals surface area contributed by atoms with Crippen LogP contribution in [0.3, 0.4) is 0 Å². The van der Waals surface area contributed by atoms with Crippen LogP contribution in [0.1, 0.15) is 5.56 Å². The number of benzene rings is 2. The van der Waals surface area contributed by atoms with Gasteiger partial charge in [0.15, 0.2) is 0 Å². The summed E-state index contributed by atoms with van der Waals surface area (Å²) in [5.74, 6) is 0.466. The fourth-order valence-electron chi connectivity index (χ4n) is 1.70. The van der Waals surface area contributed by atoms with Gasteiger partial charge in [-0.3, -0.25) is 0 Å². The number of fused-ring (bicyclic) bond motifs is 1. The van der Waals surface area contributed by atoms with Crippen molar-refractivity contribution in [2.45, 2.75) is 6.18 Å². The topological polar surface area (TPSA) is 35.2 Å². The van der Waals surface area contributed by atoms with Gasteiger partial charge in [-0.2, -0.15) is 13.2 Å². The SMILES string of the molecule is COc1cc(N)cc2cc(C(F)(F)F)ccc12. The standard InChI is InChI=1S/C12H10F3NO/c1-17-11-6-9(16)5-7-4-8(12(13,14)15)2-3-10(7)11/h2-6H,16H2,1H3. The lowest BCUT2D eigenvalue weighted by molar-refractivity contribution is -0.137. The van der Waals surface area contributed by atoms with Gasteiger partial charge in [0.2, 0.25) is 0 Å². The fraction of sp³-hybridized carbons (Fsp3) is 0.167. The lowest BCUT2D eigenvalue weighted by Gasteiger charge is -2.10. The van der Waals surface area contributed by atoms with E-state index in [4.69, 9.17) is 10.5 Å². The zero-order chi connectivity index (χ0) is 12.6. The van der Waals surface area contributed by atoms with Gasteiger partial charge in [0, 0.05) is 17.1 Å². The fourth-order valence-corrected chi connectivity index (χ4v) is 1.70. The molecule has 0 atom stereocenters. The molecule has 0 aromatic heterocycles. The summed E-state index contributed by atoms with van der Waals surface area (Å²) in [7, 11) is 1.45. The van der Waals surface area contributed by atoms with Crippen LogP contribution in [0.25, 0.3) is 10.8 Å². The second kappa shape index (κ2) is 3.84. The highest BCUT2D eigenvalue weighted by atomic mass is 19.4. The summed E-state index contributed by atoms with van der Waals surface area (Å²) < 4.78 is 42.7. The zero-order valence-electron chi connectivity index (χ0n) is 9.01. The van der Waals surface area contributed by atoms with Gasteiger partial charge in [-0.1, -0.05) is 6.07 Å². The molecule has 5 heteroatoms. The largest absolute Gasteiger partial charge is 0.496 e. The lowest BCUT2D eigenvalue weighted by atomic mass is 10.1. The summed E-state index contributed by atoms with van der Waals surface area (Å²) >= 11 is 0. The highest BCUT2D eigenvalue weighted by Crippen LogP contribution is 2.35. The minimum atomic E-state index is -4.36. The number of alkyl halides is 3. The molecule has 0 aliphatic heterocycles. The molecule has 0 amide bonds. The number of methoxy groups -OCH3 is 1. The molecule has 17 heavy (non-hydrogen) atoms. The van der Waals surface area contributed by atoms with Crippen LogP contribution in [0.5, 0.6) is 5.75 Å². The van der Waals surface area contributed by atoms with Gasteiger partial charge in [0.25, 0.3) is 0 Å². The molecular formula is C12H10F3NO. The maximum absolute atomic E-state index is 12.5. The summed E-state index contributed by atoms with van der Waals surface area (Å²) in [6.07, 6.45) is -4.36. The number of nitrogen functional groups attached to an aromatic ring is 1. The van der Waals surface area contributed by atoms with Crippen LogP contribution in [0, 0.1) is 0 Å². The van der Waals surface area contributed by atoms with E-state index < -0.39 is 11.7 Å². The lowest BCUT2D eigenvalue weighted by Crippen LogP contribution is -2.04. The molecule has 2 rings (SSSR count). The molecule has 0 aliphatic rings. The molecule has 2 aromatic rings. The van der Waals surface area contributed by atoms with E-state index in [1.54, 1.807) is 6.07 Å². The van der Waals surface area contributed by atoms with E-state index in [1.807, 2.05) is 0 Å². The molecule has 0 bridgehead atoms. The Balaban J connectivity index is 2.70. The molecule has 90 valence electrons. The van der Waals surface area contributed by atoms with E-state index in [0.29, 0.717) is 22.2 Å². The number of halogens is 3. The van der Waals surface area contributed by atoms with Gasteiger partial charge >= 0.3 is 6.18 Å². The first kappa shape index (κ1) is 11.6. The normalized spacial score (nSPS) is 11.8. The molecular weight excluding hydrogens is 231 g/mol. The van der Waals surface area contributed by atoms with Crippen molar-refractivity contribution in [1.29, 1.82) is 0 Å². The van der Waals surface area contributed by atoms with Gasteiger partial charge in [0.1, 0.15) is 5.75 Å². The van der Waals surface area contributed by atoms with E-state index in [9.17, 15) is 13.2 Å². The van der Waals surface area contributed by atoms with E-state index in [2.05, 4.69) is 0 Å². The van der Waals surface area contributed by atoms with Crippen LogP contribution in [0.2, 0.25) is 0 Å². The van der Waals surface area contributed by atoms with Gasteiger partial charge in [-0.15, -0.1) is 0 Å². The molecule has 2 N–H and O–H groups in total. The average Bonchev–Trinajstić information content (AvgIpc) is 2.25. The number of anilines is 1. The highest BCUT2D eigenvalue weighted by molar-refractivity contribution is 5.91. The Morgan fingerprint density at radius 2 is 1.82 bits per heavy atom. The van der Waals surface area contributed by atoms with Crippen molar-refractivity contribution < 1.29 is 17.9 Å². The van der Waals surface area contributed by atoms with Crippen LogP contribution in [0.15, 0.2) is 30.3 Å². The van der Waals surface area contributed by atoms with Crippen LogP contribution in [-0.2, 0) is 6.18 Å². The number of ether oxygens (including phenoxy) is 1. The molecule has 0 saturated carbocycles. The van der Waals surface area contributed by atoms with Crippen LogP contribution in [-0.4, -0.2) is 7.11 Å². The molecule has 2 aromatic carbocycles. The molecule has 0 radical (unpaired) electrons. The Labute approximate surface area is 95.8 Å². The maximum atomic E-state index is 12.5. The maximum Gasteiger partial charge on any atom is 0.416 e. The molecule has 0 spiro atoms. The van der Waals surface area contributed by atoms with Gasteiger partial charge < -0.3 is 10.5 Å². The van der Waals surface area contributed by atoms with E-state index in [1.165, 1.54) is 19.2 Å². The van der Waals surface area contributed by atoms with E-state index in [0.717, 1.165) is 12.1 Å². The second-order valence-corrected chi connectivity index (χ2v) is 3.66. The molecule has 0 heterocycles. The van der Waals surface area contributed by atoms with Crippen molar-refractivity contribution in [3.05, 3.63) is 35.9 Å². The van der Waals surface area contributed by atoms with Crippen molar-refractivity contribution in [3.63, 3.8) is 0 Å². The molecule has 2 nitrogen and oxygen atoms in total. The monoisotopic (exact) mass is 241 g/mol. The third-order valence-electron chi connectivity index (χ3n) is 2.48. The average molecular weight is 241 g/mol. The first-order valence-electron chi connectivity index (χ1n) is 4.86. The Bertz CT molecular complexity index is 563. The highest BCUT2D eigenvalue weighted by Gasteiger charge is 2.30. The second-order valence-electron chi connectivity index (χ2n) is 3.66. The summed E-state index contributed by atoms with van der Waals surface area (Å²) in [6, 6.07) is 6.55. The quantitative estimate of drug-likeness (QED) is 0.776. The summed E-state index contributed by atoms with van der Waals surface area (Å²) in [5.41, 5.74) is 5.27. The third-order valence-corrected chi connectivity index (χ3v) is 2.48. The summed E-state index contributed by atoms with van der Waals surface area (Å²) in [5, 5.41) is 1.02. The third kappa shape index (κ3) is 2.13. The smallest absolute Gasteiger partial charge is 0.416 e. The number of rotatable bonds is 1. The molecule has 0 fully saturated rings. The zero-order valence-corrected chi connectivity index (χ0v) is 9.01. The number of nitrogens with two attached hydrogens (primary N) is 1. The predicted octanol–water partition coefficient (Wildman–Crippen LogP) is 3.45. The summed E-state index contributed by atoms with van der Waals surface area (Å²) in [4.78, 5) is 0. The van der Waals surface area contributed by atoms with Crippen molar-refractivity contribution >= 4 is 16.5 Å². The van der Waals surface area contributed by atoms with E-state index >= 15 is 0 Å². The Morgan fingerprint density at radius 1 is 1.12 bits per heavy atom. The minimum absolute atomic E-state index is 0.369. The van der Waals surface area contributed by atoms with Gasteiger partial charge in [-0.25, -0.2) is 0 Å². The predicted molar refractivity (Wildman–Crippen MR) is 59.9 cm³/mol. The first-order chi connectivity index (χ1) is 7.91. The molecule has 0 saturated heterocycles. The number of hydrogen-bond donors (Lipinski definition) is 1.